The summed E-state index contributed by atoms with van der Waals surface area (Å²) < 4.78 is 5.87. The average Bonchev–Trinajstić information content (AvgIpc) is 3.07. The topological polar surface area (TPSA) is 46.3 Å². The van der Waals surface area contributed by atoms with Crippen molar-refractivity contribution in [2.75, 3.05) is 7.05 Å². The molecule has 2 aromatic carbocycles. The van der Waals surface area contributed by atoms with E-state index in [0.717, 1.165) is 29.0 Å². The molecule has 0 aliphatic carbocycles. The summed E-state index contributed by atoms with van der Waals surface area (Å²) in [6, 6.07) is 16.3. The van der Waals surface area contributed by atoms with Crippen molar-refractivity contribution < 1.29 is 9.21 Å². The smallest absolute Gasteiger partial charge is 0.225 e. The molecule has 1 unspecified atom stereocenters. The summed E-state index contributed by atoms with van der Waals surface area (Å²) in [6.07, 6.45) is 0.869. The number of hydrogen-bond donors (Lipinski definition) is 0. The predicted molar refractivity (Wildman–Crippen MR) is 104 cm³/mol. The molecule has 0 aliphatic heterocycles. The van der Waals surface area contributed by atoms with Gasteiger partial charge in [-0.05, 0) is 29.7 Å². The lowest BCUT2D eigenvalue weighted by Gasteiger charge is -2.19. The van der Waals surface area contributed by atoms with Gasteiger partial charge in [-0.15, -0.1) is 0 Å². The zero-order valence-corrected chi connectivity index (χ0v) is 15.9. The number of para-hydroxylation sites is 2. The average molecular weight is 350 g/mol. The number of rotatable bonds is 6. The summed E-state index contributed by atoms with van der Waals surface area (Å²) in [7, 11) is 1.85. The van der Waals surface area contributed by atoms with Gasteiger partial charge in [0.2, 0.25) is 5.91 Å². The van der Waals surface area contributed by atoms with Crippen molar-refractivity contribution in [3.63, 3.8) is 0 Å². The monoisotopic (exact) mass is 350 g/mol. The molecular formula is C22H26N2O2. The van der Waals surface area contributed by atoms with Crippen molar-refractivity contribution >= 4 is 17.0 Å². The van der Waals surface area contributed by atoms with Crippen molar-refractivity contribution in [1.82, 2.24) is 9.88 Å². The summed E-state index contributed by atoms with van der Waals surface area (Å²) in [4.78, 5) is 18.4. The normalized spacial score (nSPS) is 12.5. The minimum absolute atomic E-state index is 0.0245. The van der Waals surface area contributed by atoms with Crippen LogP contribution in [0, 0.1) is 5.92 Å². The highest BCUT2D eigenvalue weighted by molar-refractivity contribution is 5.77. The van der Waals surface area contributed by atoms with E-state index in [1.165, 1.54) is 5.56 Å². The molecule has 3 rings (SSSR count). The highest BCUT2D eigenvalue weighted by Crippen LogP contribution is 2.24. The van der Waals surface area contributed by atoms with Gasteiger partial charge in [0.25, 0.3) is 0 Å². The first kappa shape index (κ1) is 18.2. The second-order valence-corrected chi connectivity index (χ2v) is 7.29. The number of carbonyl (C=O) groups excluding carboxylic acids is 1. The fraction of sp³-hybridized carbons (Fsp3) is 0.364. The maximum Gasteiger partial charge on any atom is 0.225 e. The molecule has 0 N–H and O–H groups in total. The van der Waals surface area contributed by atoms with Crippen LogP contribution in [-0.4, -0.2) is 22.8 Å². The third kappa shape index (κ3) is 4.13. The minimum Gasteiger partial charge on any atom is -0.440 e. The molecule has 1 amide bonds. The standard InChI is InChI=1S/C22H26N2O2/c1-15(2)22(25)24(4)14-18-11-9-17(10-12-18)13-16(3)21-23-19-7-5-6-8-20(19)26-21/h5-12,15-16H,13-14H2,1-4H3. The van der Waals surface area contributed by atoms with Crippen LogP contribution in [0.25, 0.3) is 11.1 Å². The first-order chi connectivity index (χ1) is 12.4. The quantitative estimate of drug-likeness (QED) is 0.642. The number of oxazole rings is 1. The van der Waals surface area contributed by atoms with E-state index in [4.69, 9.17) is 4.42 Å². The fourth-order valence-corrected chi connectivity index (χ4v) is 3.11. The first-order valence-electron chi connectivity index (χ1n) is 9.12. The van der Waals surface area contributed by atoms with Crippen LogP contribution in [0.5, 0.6) is 0 Å². The van der Waals surface area contributed by atoms with E-state index < -0.39 is 0 Å². The van der Waals surface area contributed by atoms with Gasteiger partial charge in [0.1, 0.15) is 5.52 Å². The lowest BCUT2D eigenvalue weighted by Crippen LogP contribution is -2.29. The van der Waals surface area contributed by atoms with E-state index in [1.54, 1.807) is 4.90 Å². The number of benzene rings is 2. The Morgan fingerprint density at radius 1 is 1.04 bits per heavy atom. The van der Waals surface area contributed by atoms with Crippen molar-refractivity contribution in [3.05, 3.63) is 65.5 Å². The largest absolute Gasteiger partial charge is 0.440 e. The van der Waals surface area contributed by atoms with Gasteiger partial charge in [-0.25, -0.2) is 4.98 Å². The Morgan fingerprint density at radius 3 is 2.35 bits per heavy atom. The third-order valence-corrected chi connectivity index (χ3v) is 4.59. The van der Waals surface area contributed by atoms with Crippen LogP contribution < -0.4 is 0 Å². The maximum atomic E-state index is 12.0. The molecule has 26 heavy (non-hydrogen) atoms. The molecule has 1 aromatic heterocycles. The molecule has 0 bridgehead atoms. The Bertz CT molecular complexity index is 848. The van der Waals surface area contributed by atoms with Crippen molar-refractivity contribution in [3.8, 4) is 0 Å². The van der Waals surface area contributed by atoms with Crippen molar-refractivity contribution in [2.24, 2.45) is 5.92 Å². The van der Waals surface area contributed by atoms with Crippen LogP contribution in [0.1, 0.15) is 43.7 Å². The predicted octanol–water partition coefficient (Wildman–Crippen LogP) is 4.79. The lowest BCUT2D eigenvalue weighted by atomic mass is 10.00. The van der Waals surface area contributed by atoms with Crippen LogP contribution >= 0.6 is 0 Å². The Kier molecular flexibility index (Phi) is 5.40. The van der Waals surface area contributed by atoms with E-state index >= 15 is 0 Å². The number of nitrogens with zero attached hydrogens (tertiary/aromatic N) is 2. The molecule has 0 spiro atoms. The minimum atomic E-state index is 0.0245. The molecule has 0 saturated heterocycles. The van der Waals surface area contributed by atoms with Gasteiger partial charge in [0, 0.05) is 25.4 Å². The lowest BCUT2D eigenvalue weighted by molar-refractivity contribution is -0.133. The van der Waals surface area contributed by atoms with Crippen LogP contribution in [-0.2, 0) is 17.8 Å². The zero-order chi connectivity index (χ0) is 18.7. The summed E-state index contributed by atoms with van der Waals surface area (Å²) in [5.74, 6) is 1.17. The maximum absolute atomic E-state index is 12.0. The van der Waals surface area contributed by atoms with Crippen LogP contribution in [0.15, 0.2) is 52.9 Å². The van der Waals surface area contributed by atoms with Crippen molar-refractivity contribution in [2.45, 2.75) is 39.7 Å². The van der Waals surface area contributed by atoms with Gasteiger partial charge < -0.3 is 9.32 Å². The second kappa shape index (κ2) is 7.73. The van der Waals surface area contributed by atoms with Gasteiger partial charge >= 0.3 is 0 Å². The van der Waals surface area contributed by atoms with Gasteiger partial charge in [-0.3, -0.25) is 4.79 Å². The van der Waals surface area contributed by atoms with E-state index in [2.05, 4.69) is 36.2 Å². The molecule has 3 aromatic rings. The SMILES string of the molecule is CC(C)C(=O)N(C)Cc1ccc(CC(C)c2nc3ccccc3o2)cc1. The van der Waals surface area contributed by atoms with E-state index in [1.807, 2.05) is 45.2 Å². The molecule has 1 heterocycles. The van der Waals surface area contributed by atoms with Gasteiger partial charge in [0.05, 0.1) is 0 Å². The molecule has 0 radical (unpaired) electrons. The van der Waals surface area contributed by atoms with Gasteiger partial charge in [-0.2, -0.15) is 0 Å². The van der Waals surface area contributed by atoms with E-state index in [9.17, 15) is 4.79 Å². The molecule has 0 fully saturated rings. The molecule has 1 atom stereocenters. The number of amides is 1. The van der Waals surface area contributed by atoms with Gasteiger partial charge in [0.15, 0.2) is 11.5 Å². The number of hydrogen-bond acceptors (Lipinski definition) is 3. The molecule has 136 valence electrons. The number of carbonyl (C=O) groups is 1. The zero-order valence-electron chi connectivity index (χ0n) is 15.9. The Hall–Kier alpha value is -2.62. The van der Waals surface area contributed by atoms with Crippen LogP contribution in [0.3, 0.4) is 0 Å². The summed E-state index contributed by atoms with van der Waals surface area (Å²) >= 11 is 0. The highest BCUT2D eigenvalue weighted by Gasteiger charge is 2.15. The summed E-state index contributed by atoms with van der Waals surface area (Å²) in [6.45, 7) is 6.62. The number of aromatic nitrogens is 1. The van der Waals surface area contributed by atoms with Crippen LogP contribution in [0.2, 0.25) is 0 Å². The molecule has 4 heteroatoms. The third-order valence-electron chi connectivity index (χ3n) is 4.59. The van der Waals surface area contributed by atoms with Crippen molar-refractivity contribution in [1.29, 1.82) is 0 Å². The summed E-state index contributed by atoms with van der Waals surface area (Å²) in [5, 5.41) is 0. The Labute approximate surface area is 154 Å². The summed E-state index contributed by atoms with van der Waals surface area (Å²) in [5.41, 5.74) is 4.12. The Balaban J connectivity index is 1.64. The van der Waals surface area contributed by atoms with Gasteiger partial charge in [-0.1, -0.05) is 57.2 Å². The molecular weight excluding hydrogens is 324 g/mol. The second-order valence-electron chi connectivity index (χ2n) is 7.29. The van der Waals surface area contributed by atoms with Crippen LogP contribution in [0.4, 0.5) is 0 Å². The Morgan fingerprint density at radius 2 is 1.69 bits per heavy atom. The fourth-order valence-electron chi connectivity index (χ4n) is 3.11. The highest BCUT2D eigenvalue weighted by atomic mass is 16.3. The van der Waals surface area contributed by atoms with E-state index in [-0.39, 0.29) is 17.7 Å². The molecule has 0 aliphatic rings. The molecule has 0 saturated carbocycles. The number of fused-ring (bicyclic) bond motifs is 1. The van der Waals surface area contributed by atoms with E-state index in [0.29, 0.717) is 6.54 Å². The first-order valence-corrected chi connectivity index (χ1v) is 9.12. The molecule has 4 nitrogen and oxygen atoms in total.